The van der Waals surface area contributed by atoms with Crippen molar-refractivity contribution in [2.24, 2.45) is 0 Å². The number of piperazine rings is 1. The Morgan fingerprint density at radius 2 is 1.76 bits per heavy atom. The molecule has 0 spiro atoms. The zero-order valence-electron chi connectivity index (χ0n) is 13.4. The quantitative estimate of drug-likeness (QED) is 0.726. The molecule has 0 unspecified atom stereocenters. The highest BCUT2D eigenvalue weighted by molar-refractivity contribution is 9.10. The second kappa shape index (κ2) is 6.53. The fourth-order valence-electron chi connectivity index (χ4n) is 3.16. The fourth-order valence-corrected chi connectivity index (χ4v) is 3.52. The Morgan fingerprint density at radius 3 is 2.48 bits per heavy atom. The number of fused-ring (bicyclic) bond motifs is 1. The number of carbonyl (C=O) groups excluding carboxylic acids is 2. The average molecular weight is 402 g/mol. The van der Waals surface area contributed by atoms with Crippen LogP contribution in [0.4, 0.5) is 11.6 Å². The normalized spacial score (nSPS) is 18.0. The van der Waals surface area contributed by atoms with Crippen LogP contribution in [0.5, 0.6) is 0 Å². The van der Waals surface area contributed by atoms with Crippen LogP contribution in [0.2, 0.25) is 0 Å². The number of amides is 1. The van der Waals surface area contributed by atoms with Crippen LogP contribution >= 0.6 is 15.9 Å². The van der Waals surface area contributed by atoms with Gasteiger partial charge in [-0.2, -0.15) is 0 Å². The Bertz CT molecular complexity index is 821. The molecule has 1 saturated heterocycles. The van der Waals surface area contributed by atoms with E-state index in [1.807, 2.05) is 12.1 Å². The summed E-state index contributed by atoms with van der Waals surface area (Å²) in [5.41, 5.74) is 1.16. The van der Waals surface area contributed by atoms with E-state index in [-0.39, 0.29) is 0 Å². The molecule has 1 amide bonds. The summed E-state index contributed by atoms with van der Waals surface area (Å²) in [5.74, 6) is -0.167. The number of hydrogen-bond acceptors (Lipinski definition) is 6. The molecule has 2 aromatic rings. The van der Waals surface area contributed by atoms with E-state index in [2.05, 4.69) is 35.7 Å². The maximum absolute atomic E-state index is 12.3. The summed E-state index contributed by atoms with van der Waals surface area (Å²) in [6.07, 6.45) is 3.47. The molecular formula is C17H16BrN5O2. The minimum absolute atomic E-state index is 0.419. The van der Waals surface area contributed by atoms with Crippen LogP contribution in [0, 0.1) is 0 Å². The largest absolute Gasteiger partial charge is 0.338 e. The number of ketones is 1. The second-order valence-electron chi connectivity index (χ2n) is 6.02. The highest BCUT2D eigenvalue weighted by atomic mass is 79.9. The van der Waals surface area contributed by atoms with Crippen LogP contribution in [0.15, 0.2) is 41.1 Å². The van der Waals surface area contributed by atoms with Gasteiger partial charge in [-0.25, -0.2) is 9.97 Å². The molecule has 1 aromatic heterocycles. The van der Waals surface area contributed by atoms with Crippen molar-refractivity contribution in [1.82, 2.24) is 14.9 Å². The minimum Gasteiger partial charge on any atom is -0.338 e. The van der Waals surface area contributed by atoms with E-state index in [0.717, 1.165) is 36.6 Å². The summed E-state index contributed by atoms with van der Waals surface area (Å²) < 4.78 is 0.797. The van der Waals surface area contributed by atoms with E-state index in [0.29, 0.717) is 17.9 Å². The summed E-state index contributed by atoms with van der Waals surface area (Å²) in [6, 6.07) is 7.17. The number of anilines is 2. The van der Waals surface area contributed by atoms with Crippen LogP contribution < -0.4 is 9.80 Å². The number of carbonyl (C=O) groups is 2. The molecule has 8 heteroatoms. The first-order chi connectivity index (χ1) is 12.1. The summed E-state index contributed by atoms with van der Waals surface area (Å²) in [7, 11) is 0. The van der Waals surface area contributed by atoms with Crippen LogP contribution in [0.25, 0.3) is 0 Å². The van der Waals surface area contributed by atoms with Gasteiger partial charge < -0.3 is 4.90 Å². The Morgan fingerprint density at radius 1 is 1.04 bits per heavy atom. The van der Waals surface area contributed by atoms with Gasteiger partial charge in [-0.05, 0) is 24.3 Å². The third kappa shape index (κ3) is 3.03. The number of hydrogen-bond donors (Lipinski definition) is 0. The van der Waals surface area contributed by atoms with E-state index in [9.17, 15) is 9.59 Å². The first-order valence-electron chi connectivity index (χ1n) is 8.03. The van der Waals surface area contributed by atoms with Crippen molar-refractivity contribution < 1.29 is 9.59 Å². The molecule has 1 fully saturated rings. The molecule has 0 aliphatic carbocycles. The van der Waals surface area contributed by atoms with Gasteiger partial charge in [0.15, 0.2) is 0 Å². The van der Waals surface area contributed by atoms with Crippen molar-refractivity contribution in [3.8, 4) is 0 Å². The lowest BCUT2D eigenvalue weighted by Gasteiger charge is -2.36. The SMILES string of the molecule is O=C1C(=O)N(CN2CCN(c3ncccn3)CC2)c2ccc(Br)cc21. The van der Waals surface area contributed by atoms with Gasteiger partial charge in [-0.3, -0.25) is 19.4 Å². The summed E-state index contributed by atoms with van der Waals surface area (Å²) in [4.78, 5) is 38.9. The van der Waals surface area contributed by atoms with Gasteiger partial charge in [-0.1, -0.05) is 15.9 Å². The predicted molar refractivity (Wildman–Crippen MR) is 96.6 cm³/mol. The average Bonchev–Trinajstić information content (AvgIpc) is 2.88. The van der Waals surface area contributed by atoms with Crippen molar-refractivity contribution >= 4 is 39.3 Å². The molecule has 128 valence electrons. The summed E-state index contributed by atoms with van der Waals surface area (Å²) in [6.45, 7) is 3.55. The smallest absolute Gasteiger partial charge is 0.300 e. The monoisotopic (exact) mass is 401 g/mol. The van der Waals surface area contributed by atoms with Crippen LogP contribution in [-0.4, -0.2) is 59.4 Å². The zero-order chi connectivity index (χ0) is 17.4. The van der Waals surface area contributed by atoms with Gasteiger partial charge in [0.2, 0.25) is 5.95 Å². The Balaban J connectivity index is 1.44. The van der Waals surface area contributed by atoms with Gasteiger partial charge in [0.05, 0.1) is 17.9 Å². The standard InChI is InChI=1S/C17H16BrN5O2/c18-12-2-3-14-13(10-12)15(24)16(25)23(14)11-21-6-8-22(9-7-21)17-19-4-1-5-20-17/h1-5,10H,6-9,11H2. The first-order valence-corrected chi connectivity index (χ1v) is 8.83. The first kappa shape index (κ1) is 16.2. The third-order valence-electron chi connectivity index (χ3n) is 4.48. The van der Waals surface area contributed by atoms with Crippen molar-refractivity contribution in [2.45, 2.75) is 0 Å². The predicted octanol–water partition coefficient (Wildman–Crippen LogP) is 1.55. The van der Waals surface area contributed by atoms with Crippen LogP contribution in [0.3, 0.4) is 0 Å². The molecule has 0 N–H and O–H groups in total. The van der Waals surface area contributed by atoms with E-state index in [1.165, 1.54) is 0 Å². The Labute approximate surface area is 153 Å². The van der Waals surface area contributed by atoms with E-state index in [4.69, 9.17) is 0 Å². The lowest BCUT2D eigenvalue weighted by Crippen LogP contribution is -2.51. The van der Waals surface area contributed by atoms with Crippen LogP contribution in [0.1, 0.15) is 10.4 Å². The number of halogens is 1. The van der Waals surface area contributed by atoms with Gasteiger partial charge in [0, 0.05) is 43.0 Å². The van der Waals surface area contributed by atoms with Gasteiger partial charge in [0.1, 0.15) is 0 Å². The van der Waals surface area contributed by atoms with Gasteiger partial charge in [-0.15, -0.1) is 0 Å². The number of nitrogens with zero attached hydrogens (tertiary/aromatic N) is 5. The molecule has 7 nitrogen and oxygen atoms in total. The maximum atomic E-state index is 12.3. The topological polar surface area (TPSA) is 69.6 Å². The Kier molecular flexibility index (Phi) is 4.22. The molecular weight excluding hydrogens is 386 g/mol. The highest BCUT2D eigenvalue weighted by Crippen LogP contribution is 2.31. The fraction of sp³-hybridized carbons (Fsp3) is 0.294. The minimum atomic E-state index is -0.457. The van der Waals surface area contributed by atoms with Crippen LogP contribution in [-0.2, 0) is 4.79 Å². The van der Waals surface area contributed by atoms with Crippen molar-refractivity contribution in [3.63, 3.8) is 0 Å². The molecule has 2 aliphatic heterocycles. The molecule has 0 bridgehead atoms. The molecule has 0 saturated carbocycles. The van der Waals surface area contributed by atoms with Crippen molar-refractivity contribution in [2.75, 3.05) is 42.6 Å². The van der Waals surface area contributed by atoms with Gasteiger partial charge in [0.25, 0.3) is 5.78 Å². The lowest BCUT2D eigenvalue weighted by molar-refractivity contribution is -0.114. The number of Topliss-reactive ketones (excluding diaryl/α,β-unsaturated/α-hetero) is 1. The maximum Gasteiger partial charge on any atom is 0.300 e. The zero-order valence-corrected chi connectivity index (χ0v) is 15.0. The Hall–Kier alpha value is -2.32. The number of aromatic nitrogens is 2. The molecule has 4 rings (SSSR count). The highest BCUT2D eigenvalue weighted by Gasteiger charge is 2.37. The van der Waals surface area contributed by atoms with E-state index in [1.54, 1.807) is 29.4 Å². The molecule has 2 aliphatic rings. The summed E-state index contributed by atoms with van der Waals surface area (Å²) >= 11 is 3.35. The third-order valence-corrected chi connectivity index (χ3v) is 4.98. The molecule has 0 radical (unpaired) electrons. The molecule has 3 heterocycles. The van der Waals surface area contributed by atoms with E-state index >= 15 is 0 Å². The summed E-state index contributed by atoms with van der Waals surface area (Å²) in [5, 5.41) is 0. The van der Waals surface area contributed by atoms with Gasteiger partial charge >= 0.3 is 5.91 Å². The number of benzene rings is 1. The van der Waals surface area contributed by atoms with Crippen molar-refractivity contribution in [1.29, 1.82) is 0 Å². The second-order valence-corrected chi connectivity index (χ2v) is 6.93. The molecule has 25 heavy (non-hydrogen) atoms. The molecule has 1 aromatic carbocycles. The van der Waals surface area contributed by atoms with E-state index < -0.39 is 11.7 Å². The van der Waals surface area contributed by atoms with Crippen molar-refractivity contribution in [3.05, 3.63) is 46.7 Å². The molecule has 0 atom stereocenters. The lowest BCUT2D eigenvalue weighted by atomic mass is 10.1. The number of rotatable bonds is 3.